The highest BCUT2D eigenvalue weighted by atomic mass is 32.1. The lowest BCUT2D eigenvalue weighted by atomic mass is 9.72. The second kappa shape index (κ2) is 6.87. The van der Waals surface area contributed by atoms with Crippen molar-refractivity contribution in [3.8, 4) is 0 Å². The summed E-state index contributed by atoms with van der Waals surface area (Å²) in [5, 5.41) is 6.32. The van der Waals surface area contributed by atoms with Gasteiger partial charge in [-0.05, 0) is 31.2 Å². The molecule has 0 N–H and O–H groups in total. The summed E-state index contributed by atoms with van der Waals surface area (Å²) >= 11 is 1.73. The quantitative estimate of drug-likeness (QED) is 0.837. The lowest BCUT2D eigenvalue weighted by molar-refractivity contribution is -0.139. The molecule has 0 unspecified atom stereocenters. The molecule has 23 heavy (non-hydrogen) atoms. The molecule has 0 atom stereocenters. The van der Waals surface area contributed by atoms with Crippen LogP contribution in [-0.4, -0.2) is 27.1 Å². The predicted octanol–water partition coefficient (Wildman–Crippen LogP) is 3.73. The van der Waals surface area contributed by atoms with Crippen LogP contribution in [-0.2, 0) is 23.8 Å². The second-order valence-corrected chi connectivity index (χ2v) is 7.41. The molecule has 0 aromatic carbocycles. The zero-order chi connectivity index (χ0) is 16.3. The van der Waals surface area contributed by atoms with Crippen LogP contribution in [0.1, 0.15) is 49.5 Å². The van der Waals surface area contributed by atoms with E-state index in [4.69, 9.17) is 0 Å². The van der Waals surface area contributed by atoms with E-state index in [1.807, 2.05) is 24.3 Å². The Bertz CT molecular complexity index is 641. The Morgan fingerprint density at radius 1 is 1.39 bits per heavy atom. The van der Waals surface area contributed by atoms with Gasteiger partial charge in [0.05, 0.1) is 11.6 Å². The third-order valence-corrected chi connectivity index (χ3v) is 5.98. The average Bonchev–Trinajstić information content (AvgIpc) is 3.24. The summed E-state index contributed by atoms with van der Waals surface area (Å²) in [7, 11) is 1.91. The van der Waals surface area contributed by atoms with Crippen LogP contribution >= 0.6 is 11.3 Å². The molecule has 0 spiro atoms. The number of aromatic nitrogens is 2. The molecule has 1 aliphatic carbocycles. The molecule has 1 aliphatic rings. The maximum Gasteiger partial charge on any atom is 0.234 e. The minimum Gasteiger partial charge on any atom is -0.338 e. The van der Waals surface area contributed by atoms with Gasteiger partial charge < -0.3 is 4.90 Å². The van der Waals surface area contributed by atoms with Crippen molar-refractivity contribution in [2.75, 3.05) is 6.54 Å². The number of hydrogen-bond acceptors (Lipinski definition) is 3. The number of amides is 1. The van der Waals surface area contributed by atoms with Gasteiger partial charge >= 0.3 is 0 Å². The molecule has 2 aromatic rings. The van der Waals surface area contributed by atoms with E-state index < -0.39 is 0 Å². The fraction of sp³-hybridized carbons (Fsp3) is 0.556. The molecule has 1 fully saturated rings. The molecule has 2 heterocycles. The van der Waals surface area contributed by atoms with E-state index in [0.717, 1.165) is 37.8 Å². The highest BCUT2D eigenvalue weighted by Gasteiger charge is 2.43. The number of rotatable bonds is 5. The molecule has 124 valence electrons. The number of thiophene rings is 1. The van der Waals surface area contributed by atoms with Crippen molar-refractivity contribution >= 4 is 17.2 Å². The Balaban J connectivity index is 1.87. The van der Waals surface area contributed by atoms with Crippen LogP contribution in [0.15, 0.2) is 29.9 Å². The lowest BCUT2D eigenvalue weighted by Gasteiger charge is -2.39. The van der Waals surface area contributed by atoms with Gasteiger partial charge in [-0.1, -0.05) is 25.3 Å². The number of aryl methyl sites for hydroxylation is 1. The molecule has 0 bridgehead atoms. The molecule has 0 aliphatic heterocycles. The Morgan fingerprint density at radius 2 is 2.17 bits per heavy atom. The van der Waals surface area contributed by atoms with Gasteiger partial charge in [0.15, 0.2) is 0 Å². The topological polar surface area (TPSA) is 38.1 Å². The zero-order valence-electron chi connectivity index (χ0n) is 14.0. The summed E-state index contributed by atoms with van der Waals surface area (Å²) in [6, 6.07) is 4.22. The maximum absolute atomic E-state index is 13.5. The van der Waals surface area contributed by atoms with Crippen molar-refractivity contribution in [3.63, 3.8) is 0 Å². The Hall–Kier alpha value is -1.62. The lowest BCUT2D eigenvalue weighted by Crippen LogP contribution is -2.47. The largest absolute Gasteiger partial charge is 0.338 e. The summed E-state index contributed by atoms with van der Waals surface area (Å²) in [6.07, 6.45) is 9.35. The standard InChI is InChI=1S/C18H25N3OS/c1-3-21(14-15-12-19-20(2)13-15)17(22)18(9-5-4-6-10-18)16-8-7-11-23-16/h7-8,11-13H,3-6,9-10,14H2,1-2H3. The first-order valence-electron chi connectivity index (χ1n) is 8.46. The molecule has 3 rings (SSSR count). The Labute approximate surface area is 142 Å². The number of carbonyl (C=O) groups excluding carboxylic acids is 1. The first-order chi connectivity index (χ1) is 11.2. The van der Waals surface area contributed by atoms with Gasteiger partial charge in [0.25, 0.3) is 0 Å². The summed E-state index contributed by atoms with van der Waals surface area (Å²) in [5.41, 5.74) is 0.796. The fourth-order valence-corrected chi connectivity index (χ4v) is 4.65. The minimum atomic E-state index is -0.301. The number of nitrogens with zero attached hydrogens (tertiary/aromatic N) is 3. The SMILES string of the molecule is CCN(Cc1cnn(C)c1)C(=O)C1(c2cccs2)CCCCC1. The Kier molecular flexibility index (Phi) is 4.85. The van der Waals surface area contributed by atoms with Crippen molar-refractivity contribution in [1.82, 2.24) is 14.7 Å². The monoisotopic (exact) mass is 331 g/mol. The minimum absolute atomic E-state index is 0.297. The van der Waals surface area contributed by atoms with Crippen molar-refractivity contribution in [2.24, 2.45) is 7.05 Å². The zero-order valence-corrected chi connectivity index (χ0v) is 14.8. The third-order valence-electron chi connectivity index (χ3n) is 4.91. The molecule has 0 saturated heterocycles. The van der Waals surface area contributed by atoms with E-state index in [-0.39, 0.29) is 5.41 Å². The van der Waals surface area contributed by atoms with Crippen molar-refractivity contribution in [1.29, 1.82) is 0 Å². The third kappa shape index (κ3) is 3.20. The molecule has 1 amide bonds. The Morgan fingerprint density at radius 3 is 2.74 bits per heavy atom. The van der Waals surface area contributed by atoms with E-state index in [2.05, 4.69) is 29.5 Å². The van der Waals surface area contributed by atoms with Crippen molar-refractivity contribution in [3.05, 3.63) is 40.3 Å². The van der Waals surface area contributed by atoms with Gasteiger partial charge in [-0.2, -0.15) is 5.10 Å². The molecule has 4 nitrogen and oxygen atoms in total. The van der Waals surface area contributed by atoms with E-state index >= 15 is 0 Å². The van der Waals surface area contributed by atoms with Crippen LogP contribution in [0.3, 0.4) is 0 Å². The molecule has 0 radical (unpaired) electrons. The van der Waals surface area contributed by atoms with Crippen LogP contribution in [0, 0.1) is 0 Å². The number of carbonyl (C=O) groups is 1. The van der Waals surface area contributed by atoms with Gasteiger partial charge in [-0.3, -0.25) is 9.48 Å². The first kappa shape index (κ1) is 16.2. The van der Waals surface area contributed by atoms with Crippen LogP contribution < -0.4 is 0 Å². The highest BCUT2D eigenvalue weighted by molar-refractivity contribution is 7.10. The summed E-state index contributed by atoms with van der Waals surface area (Å²) in [5.74, 6) is 0.297. The van der Waals surface area contributed by atoms with Crippen LogP contribution in [0.25, 0.3) is 0 Å². The van der Waals surface area contributed by atoms with Gasteiger partial charge in [-0.15, -0.1) is 11.3 Å². The smallest absolute Gasteiger partial charge is 0.234 e. The second-order valence-electron chi connectivity index (χ2n) is 6.46. The van der Waals surface area contributed by atoms with Crippen LogP contribution in [0.5, 0.6) is 0 Å². The van der Waals surface area contributed by atoms with Gasteiger partial charge in [0.1, 0.15) is 0 Å². The summed E-state index contributed by atoms with van der Waals surface area (Å²) < 4.78 is 1.79. The van der Waals surface area contributed by atoms with E-state index in [1.165, 1.54) is 11.3 Å². The molecule has 1 saturated carbocycles. The number of hydrogen-bond donors (Lipinski definition) is 0. The number of likely N-dealkylation sites (N-methyl/N-ethyl adjacent to an activating group) is 1. The van der Waals surface area contributed by atoms with Crippen LogP contribution in [0.2, 0.25) is 0 Å². The van der Waals surface area contributed by atoms with E-state index in [0.29, 0.717) is 12.5 Å². The van der Waals surface area contributed by atoms with Crippen molar-refractivity contribution in [2.45, 2.75) is 51.0 Å². The highest BCUT2D eigenvalue weighted by Crippen LogP contribution is 2.43. The predicted molar refractivity (Wildman–Crippen MR) is 93.4 cm³/mol. The van der Waals surface area contributed by atoms with E-state index in [9.17, 15) is 4.79 Å². The molecular weight excluding hydrogens is 306 g/mol. The normalized spacial score (nSPS) is 17.1. The molecule has 2 aromatic heterocycles. The van der Waals surface area contributed by atoms with Gasteiger partial charge in [0.2, 0.25) is 5.91 Å². The first-order valence-corrected chi connectivity index (χ1v) is 9.34. The van der Waals surface area contributed by atoms with Gasteiger partial charge in [0, 0.05) is 36.8 Å². The molecule has 5 heteroatoms. The fourth-order valence-electron chi connectivity index (χ4n) is 3.68. The van der Waals surface area contributed by atoms with Crippen molar-refractivity contribution < 1.29 is 4.79 Å². The molecular formula is C18H25N3OS. The van der Waals surface area contributed by atoms with Gasteiger partial charge in [-0.25, -0.2) is 0 Å². The van der Waals surface area contributed by atoms with E-state index in [1.54, 1.807) is 16.0 Å². The van der Waals surface area contributed by atoms with Crippen LogP contribution in [0.4, 0.5) is 0 Å². The average molecular weight is 331 g/mol. The summed E-state index contributed by atoms with van der Waals surface area (Å²) in [6.45, 7) is 3.45. The maximum atomic E-state index is 13.5. The summed E-state index contributed by atoms with van der Waals surface area (Å²) in [4.78, 5) is 16.7.